The Morgan fingerprint density at radius 3 is 2.44 bits per heavy atom. The Kier molecular flexibility index (Phi) is 4.81. The summed E-state index contributed by atoms with van der Waals surface area (Å²) in [6.45, 7) is -0.105. The van der Waals surface area contributed by atoms with Gasteiger partial charge in [-0.1, -0.05) is 35.6 Å². The highest BCUT2D eigenvalue weighted by Gasteiger charge is 1.97. The fourth-order valence-electron chi connectivity index (χ4n) is 0.954. The third kappa shape index (κ3) is 5.76. The van der Waals surface area contributed by atoms with E-state index in [0.29, 0.717) is 11.4 Å². The highest BCUT2D eigenvalue weighted by molar-refractivity contribution is 7.85. The fourth-order valence-corrected chi connectivity index (χ4v) is 1.35. The smallest absolute Gasteiger partial charge is 0.257 e. The molecule has 0 amide bonds. The lowest BCUT2D eigenvalue weighted by atomic mass is 10.2. The van der Waals surface area contributed by atoms with E-state index in [2.05, 4.69) is 16.0 Å². The van der Waals surface area contributed by atoms with E-state index in [-0.39, 0.29) is 6.61 Å². The van der Waals surface area contributed by atoms with E-state index in [1.54, 1.807) is 12.1 Å². The van der Waals surface area contributed by atoms with Crippen LogP contribution in [-0.4, -0.2) is 21.3 Å². The van der Waals surface area contributed by atoms with Crippen LogP contribution in [0.4, 0.5) is 0 Å². The molecule has 0 heterocycles. The van der Waals surface area contributed by atoms with Gasteiger partial charge in [-0.15, -0.1) is 0 Å². The van der Waals surface area contributed by atoms with Gasteiger partial charge in [0.15, 0.2) is 0 Å². The molecule has 0 radical (unpaired) electrons. The van der Waals surface area contributed by atoms with E-state index in [1.807, 2.05) is 12.1 Å². The van der Waals surface area contributed by atoms with Gasteiger partial charge in [-0.3, -0.25) is 4.18 Å². The van der Waals surface area contributed by atoms with E-state index in [9.17, 15) is 8.42 Å². The molecule has 86 valence electrons. The van der Waals surface area contributed by atoms with Crippen LogP contribution < -0.4 is 0 Å². The van der Waals surface area contributed by atoms with Gasteiger partial charge >= 0.3 is 0 Å². The first-order valence-electron chi connectivity index (χ1n) is 4.52. The molecule has 0 aliphatic carbocycles. The summed E-state index contributed by atoms with van der Waals surface area (Å²) in [7, 11) is -3.39. The van der Waals surface area contributed by atoms with Gasteiger partial charge in [0.1, 0.15) is 6.61 Å². The summed E-state index contributed by atoms with van der Waals surface area (Å²) in [4.78, 5) is 0. The van der Waals surface area contributed by atoms with Crippen molar-refractivity contribution in [1.29, 1.82) is 0 Å². The van der Waals surface area contributed by atoms with Crippen LogP contribution in [0.5, 0.6) is 0 Å². The van der Waals surface area contributed by atoms with Crippen molar-refractivity contribution >= 4 is 21.7 Å². The van der Waals surface area contributed by atoms with Crippen LogP contribution in [0, 0.1) is 11.8 Å². The monoisotopic (exact) mass is 258 g/mol. The Balaban J connectivity index is 2.40. The lowest BCUT2D eigenvalue weighted by Gasteiger charge is -1.94. The van der Waals surface area contributed by atoms with E-state index in [1.165, 1.54) is 0 Å². The third-order valence-corrected chi connectivity index (χ3v) is 2.47. The Morgan fingerprint density at radius 2 is 1.88 bits per heavy atom. The van der Waals surface area contributed by atoms with Crippen molar-refractivity contribution in [2.45, 2.75) is 6.42 Å². The van der Waals surface area contributed by atoms with E-state index in [4.69, 9.17) is 11.6 Å². The minimum Gasteiger partial charge on any atom is -0.257 e. The summed E-state index contributed by atoms with van der Waals surface area (Å²) in [5.41, 5.74) is 1.02. The van der Waals surface area contributed by atoms with Crippen LogP contribution in [0.15, 0.2) is 24.3 Å². The van der Waals surface area contributed by atoms with Crippen LogP contribution in [0.1, 0.15) is 5.56 Å². The molecule has 5 heteroatoms. The average molecular weight is 259 g/mol. The zero-order valence-corrected chi connectivity index (χ0v) is 10.3. The second kappa shape index (κ2) is 5.90. The Labute approximate surface area is 101 Å². The summed E-state index contributed by atoms with van der Waals surface area (Å²) < 4.78 is 25.7. The largest absolute Gasteiger partial charge is 0.265 e. The van der Waals surface area contributed by atoms with Gasteiger partial charge in [-0.2, -0.15) is 8.42 Å². The fraction of sp³-hybridized carbons (Fsp3) is 0.273. The van der Waals surface area contributed by atoms with Crippen molar-refractivity contribution in [2.24, 2.45) is 0 Å². The first-order valence-corrected chi connectivity index (χ1v) is 6.71. The predicted octanol–water partition coefficient (Wildman–Crippen LogP) is 1.86. The molecule has 0 atom stereocenters. The third-order valence-electron chi connectivity index (χ3n) is 1.68. The predicted molar refractivity (Wildman–Crippen MR) is 63.7 cm³/mol. The van der Waals surface area contributed by atoms with Gasteiger partial charge in [-0.05, 0) is 17.7 Å². The maximum absolute atomic E-state index is 10.6. The summed E-state index contributed by atoms with van der Waals surface area (Å²) in [5, 5.41) is 0.678. The number of halogens is 1. The van der Waals surface area contributed by atoms with Crippen molar-refractivity contribution in [3.63, 3.8) is 0 Å². The molecule has 3 nitrogen and oxygen atoms in total. The van der Waals surface area contributed by atoms with E-state index in [0.717, 1.165) is 11.8 Å². The molecule has 0 saturated heterocycles. The molecule has 0 unspecified atom stereocenters. The summed E-state index contributed by atoms with van der Waals surface area (Å²) in [6.07, 6.45) is 1.54. The van der Waals surface area contributed by atoms with Gasteiger partial charge in [0.2, 0.25) is 0 Å². The zero-order valence-electron chi connectivity index (χ0n) is 8.73. The SMILES string of the molecule is CS(=O)(=O)OCC#CCc1ccc(Cl)cc1. The highest BCUT2D eigenvalue weighted by atomic mass is 35.5. The first kappa shape index (κ1) is 13.0. The number of rotatable bonds is 3. The molecule has 0 aliphatic heterocycles. The topological polar surface area (TPSA) is 43.4 Å². The van der Waals surface area contributed by atoms with Gasteiger partial charge in [0, 0.05) is 11.4 Å². The molecule has 0 N–H and O–H groups in total. The molecule has 0 aliphatic rings. The lowest BCUT2D eigenvalue weighted by Crippen LogP contribution is -2.02. The van der Waals surface area contributed by atoms with Crippen LogP contribution >= 0.6 is 11.6 Å². The number of hydrogen-bond donors (Lipinski definition) is 0. The van der Waals surface area contributed by atoms with Gasteiger partial charge in [0.05, 0.1) is 6.26 Å². The standard InChI is InChI=1S/C11H11ClO3S/c1-16(13,14)15-9-3-2-4-10-5-7-11(12)8-6-10/h5-8H,4,9H2,1H3. The zero-order chi connectivity index (χ0) is 12.0. The Bertz CT molecular complexity index is 494. The summed E-state index contributed by atoms with van der Waals surface area (Å²) >= 11 is 5.72. The molecule has 0 saturated carbocycles. The number of hydrogen-bond acceptors (Lipinski definition) is 3. The normalized spacial score (nSPS) is 10.6. The molecule has 0 fully saturated rings. The summed E-state index contributed by atoms with van der Waals surface area (Å²) in [6, 6.07) is 7.31. The first-order chi connectivity index (χ1) is 7.47. The van der Waals surface area contributed by atoms with Crippen LogP contribution in [0.2, 0.25) is 5.02 Å². The quantitative estimate of drug-likeness (QED) is 0.614. The molecular weight excluding hydrogens is 248 g/mol. The van der Waals surface area contributed by atoms with Crippen LogP contribution in [0.25, 0.3) is 0 Å². The minimum atomic E-state index is -3.39. The molecule has 0 spiro atoms. The maximum atomic E-state index is 10.6. The van der Waals surface area contributed by atoms with E-state index >= 15 is 0 Å². The van der Waals surface area contributed by atoms with Crippen molar-refractivity contribution in [3.05, 3.63) is 34.9 Å². The lowest BCUT2D eigenvalue weighted by molar-refractivity contribution is 0.368. The summed E-state index contributed by atoms with van der Waals surface area (Å²) in [5.74, 6) is 5.43. The molecule has 1 aromatic carbocycles. The molecule has 16 heavy (non-hydrogen) atoms. The molecular formula is C11H11ClO3S. The van der Waals surface area contributed by atoms with Crippen molar-refractivity contribution in [1.82, 2.24) is 0 Å². The second-order valence-corrected chi connectivity index (χ2v) is 5.20. The Morgan fingerprint density at radius 1 is 1.25 bits per heavy atom. The van der Waals surface area contributed by atoms with Crippen LogP contribution in [0.3, 0.4) is 0 Å². The van der Waals surface area contributed by atoms with Crippen molar-refractivity contribution in [2.75, 3.05) is 12.9 Å². The van der Waals surface area contributed by atoms with E-state index < -0.39 is 10.1 Å². The van der Waals surface area contributed by atoms with Crippen LogP contribution in [-0.2, 0) is 20.7 Å². The van der Waals surface area contributed by atoms with Gasteiger partial charge in [-0.25, -0.2) is 0 Å². The molecule has 0 aromatic heterocycles. The average Bonchev–Trinajstić information content (AvgIpc) is 2.19. The molecule has 1 rings (SSSR count). The Hall–Kier alpha value is -1.02. The second-order valence-electron chi connectivity index (χ2n) is 3.12. The van der Waals surface area contributed by atoms with Crippen molar-refractivity contribution in [3.8, 4) is 11.8 Å². The van der Waals surface area contributed by atoms with Crippen molar-refractivity contribution < 1.29 is 12.6 Å². The minimum absolute atomic E-state index is 0.105. The highest BCUT2D eigenvalue weighted by Crippen LogP contribution is 2.09. The maximum Gasteiger partial charge on any atom is 0.265 e. The number of benzene rings is 1. The van der Waals surface area contributed by atoms with Gasteiger partial charge < -0.3 is 0 Å². The van der Waals surface area contributed by atoms with Gasteiger partial charge in [0.25, 0.3) is 10.1 Å². The molecule has 1 aromatic rings. The molecule has 0 bridgehead atoms.